The summed E-state index contributed by atoms with van der Waals surface area (Å²) in [5.41, 5.74) is 1.47. The van der Waals surface area contributed by atoms with Crippen LogP contribution in [-0.4, -0.2) is 25.9 Å². The van der Waals surface area contributed by atoms with Crippen molar-refractivity contribution < 1.29 is 19.0 Å². The Morgan fingerprint density at radius 2 is 2.04 bits per heavy atom. The van der Waals surface area contributed by atoms with E-state index in [0.717, 1.165) is 5.56 Å². The molecule has 1 atom stereocenters. The van der Waals surface area contributed by atoms with Crippen molar-refractivity contribution in [2.24, 2.45) is 10.4 Å². The first kappa shape index (κ1) is 19.7. The first-order valence-corrected chi connectivity index (χ1v) is 9.26. The van der Waals surface area contributed by atoms with Gasteiger partial charge in [0.2, 0.25) is 5.88 Å². The molecule has 6 heteroatoms. The molecule has 1 unspecified atom stereocenters. The monoisotopic (exact) mass is 380 g/mol. The highest BCUT2D eigenvalue weighted by Crippen LogP contribution is 2.48. The SMILES string of the molecule is CCO/C=N/C1=C(C#N)C(c2ccc(OC)cc2)C2=C(CC(C)(C)CC2=O)O1. The van der Waals surface area contributed by atoms with Crippen LogP contribution in [0.2, 0.25) is 0 Å². The summed E-state index contributed by atoms with van der Waals surface area (Å²) in [6, 6.07) is 9.58. The third kappa shape index (κ3) is 3.79. The van der Waals surface area contributed by atoms with Crippen LogP contribution in [0.15, 0.2) is 52.0 Å². The van der Waals surface area contributed by atoms with E-state index in [4.69, 9.17) is 14.2 Å². The maximum absolute atomic E-state index is 13.0. The molecule has 0 spiro atoms. The summed E-state index contributed by atoms with van der Waals surface area (Å²) in [5, 5.41) is 9.87. The highest BCUT2D eigenvalue weighted by Gasteiger charge is 2.43. The molecule has 2 aliphatic rings. The Hall–Kier alpha value is -3.07. The number of aliphatic imine (C=N–C) groups is 1. The van der Waals surface area contributed by atoms with Gasteiger partial charge in [0.25, 0.3) is 0 Å². The zero-order valence-corrected chi connectivity index (χ0v) is 16.6. The summed E-state index contributed by atoms with van der Waals surface area (Å²) in [6.07, 6.45) is 2.30. The Morgan fingerprint density at radius 3 is 2.64 bits per heavy atom. The molecule has 0 saturated carbocycles. The molecular formula is C22H24N2O4. The summed E-state index contributed by atoms with van der Waals surface area (Å²) < 4.78 is 16.4. The van der Waals surface area contributed by atoms with Gasteiger partial charge in [-0.05, 0) is 30.0 Å². The Balaban J connectivity index is 2.14. The first-order valence-electron chi connectivity index (χ1n) is 9.26. The van der Waals surface area contributed by atoms with Crippen LogP contribution in [0, 0.1) is 16.7 Å². The Bertz CT molecular complexity index is 901. The molecule has 0 N–H and O–H groups in total. The van der Waals surface area contributed by atoms with Crippen molar-refractivity contribution in [1.82, 2.24) is 0 Å². The normalized spacial score (nSPS) is 21.2. The van der Waals surface area contributed by atoms with E-state index < -0.39 is 5.92 Å². The summed E-state index contributed by atoms with van der Waals surface area (Å²) in [7, 11) is 1.60. The third-order valence-corrected chi connectivity index (χ3v) is 4.89. The lowest BCUT2D eigenvalue weighted by molar-refractivity contribution is -0.119. The van der Waals surface area contributed by atoms with Gasteiger partial charge in [-0.3, -0.25) is 4.79 Å². The van der Waals surface area contributed by atoms with E-state index in [1.807, 2.05) is 45.0 Å². The van der Waals surface area contributed by atoms with Crippen molar-refractivity contribution in [3.63, 3.8) is 0 Å². The molecule has 3 rings (SSSR count). The highest BCUT2D eigenvalue weighted by molar-refractivity contribution is 6.00. The number of carbonyl (C=O) groups excluding carboxylic acids is 1. The fourth-order valence-electron chi connectivity index (χ4n) is 3.63. The number of hydrogen-bond acceptors (Lipinski definition) is 6. The molecule has 28 heavy (non-hydrogen) atoms. The van der Waals surface area contributed by atoms with Crippen LogP contribution >= 0.6 is 0 Å². The molecule has 0 amide bonds. The lowest BCUT2D eigenvalue weighted by Gasteiger charge is -2.37. The molecule has 1 aromatic rings. The van der Waals surface area contributed by atoms with Crippen LogP contribution in [0.25, 0.3) is 0 Å². The minimum absolute atomic E-state index is 0.00709. The summed E-state index contributed by atoms with van der Waals surface area (Å²) in [4.78, 5) is 17.2. The van der Waals surface area contributed by atoms with Crippen LogP contribution in [0.1, 0.15) is 45.1 Å². The van der Waals surface area contributed by atoms with Gasteiger partial charge in [0.05, 0.1) is 19.6 Å². The average molecular weight is 380 g/mol. The van der Waals surface area contributed by atoms with E-state index in [0.29, 0.717) is 42.1 Å². The number of benzene rings is 1. The summed E-state index contributed by atoms with van der Waals surface area (Å²) in [6.45, 7) is 6.37. The average Bonchev–Trinajstić information content (AvgIpc) is 2.66. The van der Waals surface area contributed by atoms with Gasteiger partial charge >= 0.3 is 0 Å². The van der Waals surface area contributed by atoms with Crippen molar-refractivity contribution in [2.45, 2.75) is 39.5 Å². The van der Waals surface area contributed by atoms with Crippen molar-refractivity contribution in [3.05, 3.63) is 52.6 Å². The molecule has 0 aromatic heterocycles. The third-order valence-electron chi connectivity index (χ3n) is 4.89. The number of nitriles is 1. The predicted molar refractivity (Wildman–Crippen MR) is 105 cm³/mol. The minimum Gasteiger partial charge on any atom is -0.497 e. The van der Waals surface area contributed by atoms with Gasteiger partial charge in [-0.25, -0.2) is 0 Å². The molecule has 0 fully saturated rings. The van der Waals surface area contributed by atoms with Gasteiger partial charge < -0.3 is 14.2 Å². The standard InChI is InChI=1S/C22H24N2O4/c1-5-27-13-24-21-16(12-23)19(14-6-8-15(26-4)9-7-14)20-17(25)10-22(2,3)11-18(20)28-21/h6-9,13,19H,5,10-11H2,1-4H3/b24-13+. The van der Waals surface area contributed by atoms with Crippen LogP contribution in [-0.2, 0) is 14.3 Å². The maximum atomic E-state index is 13.0. The number of rotatable bonds is 5. The molecule has 1 aliphatic carbocycles. The fourth-order valence-corrected chi connectivity index (χ4v) is 3.63. The number of Topliss-reactive ketones (excluding diaryl/α,β-unsaturated/α-hetero) is 1. The minimum atomic E-state index is -0.517. The Kier molecular flexibility index (Phi) is 5.55. The van der Waals surface area contributed by atoms with Crippen molar-refractivity contribution in [1.29, 1.82) is 5.26 Å². The summed E-state index contributed by atoms with van der Waals surface area (Å²) in [5.74, 6) is 0.966. The number of carbonyl (C=O) groups is 1. The second kappa shape index (κ2) is 7.89. The van der Waals surface area contributed by atoms with Gasteiger partial charge in [-0.15, -0.1) is 0 Å². The molecule has 1 aromatic carbocycles. The van der Waals surface area contributed by atoms with Gasteiger partial charge in [-0.2, -0.15) is 10.3 Å². The molecule has 0 saturated heterocycles. The zero-order valence-electron chi connectivity index (χ0n) is 16.6. The quantitative estimate of drug-likeness (QED) is 0.563. The van der Waals surface area contributed by atoms with E-state index in [2.05, 4.69) is 11.1 Å². The first-order chi connectivity index (χ1) is 13.4. The van der Waals surface area contributed by atoms with Crippen molar-refractivity contribution in [2.75, 3.05) is 13.7 Å². The van der Waals surface area contributed by atoms with Gasteiger partial charge in [0, 0.05) is 18.4 Å². The lowest BCUT2D eigenvalue weighted by atomic mass is 9.70. The Morgan fingerprint density at radius 1 is 1.32 bits per heavy atom. The van der Waals surface area contributed by atoms with E-state index in [1.54, 1.807) is 7.11 Å². The second-order valence-electron chi connectivity index (χ2n) is 7.61. The van der Waals surface area contributed by atoms with E-state index in [9.17, 15) is 10.1 Å². The number of ether oxygens (including phenoxy) is 3. The second-order valence-corrected chi connectivity index (χ2v) is 7.61. The van der Waals surface area contributed by atoms with Gasteiger partial charge in [0.1, 0.15) is 23.2 Å². The number of ketones is 1. The largest absolute Gasteiger partial charge is 0.497 e. The Labute approximate surface area is 165 Å². The number of hydrogen-bond donors (Lipinski definition) is 0. The number of nitrogens with zero attached hydrogens (tertiary/aromatic N) is 2. The zero-order chi connectivity index (χ0) is 20.3. The molecule has 1 heterocycles. The van der Waals surface area contributed by atoms with Gasteiger partial charge in [0.15, 0.2) is 12.2 Å². The lowest BCUT2D eigenvalue weighted by Crippen LogP contribution is -2.32. The van der Waals surface area contributed by atoms with Crippen LogP contribution in [0.3, 0.4) is 0 Å². The van der Waals surface area contributed by atoms with Crippen LogP contribution in [0.5, 0.6) is 5.75 Å². The van der Waals surface area contributed by atoms with E-state index in [-0.39, 0.29) is 17.1 Å². The van der Waals surface area contributed by atoms with E-state index >= 15 is 0 Å². The molecule has 0 radical (unpaired) electrons. The molecule has 0 bridgehead atoms. The van der Waals surface area contributed by atoms with Crippen molar-refractivity contribution >= 4 is 12.2 Å². The van der Waals surface area contributed by atoms with Crippen LogP contribution in [0.4, 0.5) is 0 Å². The molecule has 6 nitrogen and oxygen atoms in total. The topological polar surface area (TPSA) is 80.9 Å². The molecule has 1 aliphatic heterocycles. The number of methoxy groups -OCH3 is 1. The molecule has 146 valence electrons. The smallest absolute Gasteiger partial charge is 0.236 e. The predicted octanol–water partition coefficient (Wildman–Crippen LogP) is 4.25. The van der Waals surface area contributed by atoms with E-state index in [1.165, 1.54) is 6.40 Å². The van der Waals surface area contributed by atoms with Gasteiger partial charge in [-0.1, -0.05) is 26.0 Å². The molecular weight excluding hydrogens is 356 g/mol. The van der Waals surface area contributed by atoms with Crippen molar-refractivity contribution in [3.8, 4) is 11.8 Å². The fraction of sp³-hybridized carbons (Fsp3) is 0.409. The highest BCUT2D eigenvalue weighted by atomic mass is 16.5. The van der Waals surface area contributed by atoms with Crippen LogP contribution < -0.4 is 4.74 Å². The number of allylic oxidation sites excluding steroid dienone is 3. The maximum Gasteiger partial charge on any atom is 0.236 e. The summed E-state index contributed by atoms with van der Waals surface area (Å²) >= 11 is 0.